The standard InChI is InChI=1S/C21H19FN4O2S/c22-11-4-6-12(7-5-11)25-9-14-8-13(25)10-26(14)21(28)18-23-19(27)17-15-2-1-3-16(15)29-20(17)24-18/h4-7,13-14H,1-3,8-10H2,(H,23,24,27)/t13-,14-/m1/s1. The minimum atomic E-state index is -0.250. The van der Waals surface area contributed by atoms with Crippen molar-refractivity contribution in [3.05, 3.63) is 56.7 Å². The molecule has 0 unspecified atom stereocenters. The molecule has 2 aromatic heterocycles. The van der Waals surface area contributed by atoms with Crippen LogP contribution in [0.3, 0.4) is 0 Å². The third kappa shape index (κ3) is 2.55. The van der Waals surface area contributed by atoms with E-state index in [0.717, 1.165) is 36.9 Å². The van der Waals surface area contributed by atoms with Crippen molar-refractivity contribution in [3.63, 3.8) is 0 Å². The van der Waals surface area contributed by atoms with Crippen LogP contribution in [-0.4, -0.2) is 45.9 Å². The van der Waals surface area contributed by atoms with Crippen LogP contribution in [0.5, 0.6) is 0 Å². The lowest BCUT2D eigenvalue weighted by molar-refractivity contribution is 0.0713. The number of halogens is 1. The number of nitrogens with one attached hydrogen (secondary N) is 1. The monoisotopic (exact) mass is 410 g/mol. The molecule has 6 nitrogen and oxygen atoms in total. The highest BCUT2D eigenvalue weighted by atomic mass is 32.1. The Balaban J connectivity index is 1.27. The fourth-order valence-electron chi connectivity index (χ4n) is 5.10. The number of nitrogens with zero attached hydrogens (tertiary/aromatic N) is 3. The molecular formula is C21H19FN4O2S. The molecule has 2 saturated heterocycles. The lowest BCUT2D eigenvalue weighted by atomic mass is 10.2. The molecule has 4 heterocycles. The van der Waals surface area contributed by atoms with Gasteiger partial charge in [0.2, 0.25) is 5.82 Å². The van der Waals surface area contributed by atoms with E-state index in [0.29, 0.717) is 23.3 Å². The topological polar surface area (TPSA) is 69.3 Å². The third-order valence-electron chi connectivity index (χ3n) is 6.44. The van der Waals surface area contributed by atoms with Gasteiger partial charge in [0.05, 0.1) is 11.4 Å². The molecule has 1 aliphatic carbocycles. The van der Waals surface area contributed by atoms with Crippen LogP contribution < -0.4 is 10.5 Å². The molecule has 6 rings (SSSR count). The summed E-state index contributed by atoms with van der Waals surface area (Å²) in [5.41, 5.74) is 1.90. The van der Waals surface area contributed by atoms with Gasteiger partial charge in [-0.05, 0) is 55.5 Å². The number of aromatic amines is 1. The molecule has 3 aromatic rings. The van der Waals surface area contributed by atoms with Crippen LogP contribution in [0, 0.1) is 5.82 Å². The predicted octanol–water partition coefficient (Wildman–Crippen LogP) is 2.72. The fourth-order valence-corrected chi connectivity index (χ4v) is 6.37. The Hall–Kier alpha value is -2.74. The van der Waals surface area contributed by atoms with E-state index in [1.165, 1.54) is 17.0 Å². The molecule has 0 spiro atoms. The zero-order valence-corrected chi connectivity index (χ0v) is 16.5. The number of hydrogen-bond acceptors (Lipinski definition) is 5. The molecule has 2 fully saturated rings. The van der Waals surface area contributed by atoms with E-state index in [-0.39, 0.29) is 35.2 Å². The van der Waals surface area contributed by atoms with Crippen molar-refractivity contribution in [2.24, 2.45) is 0 Å². The predicted molar refractivity (Wildman–Crippen MR) is 109 cm³/mol. The SMILES string of the molecule is O=C(c1nc2sc3c(c2c(=O)[nH]1)CCC3)N1C[C@H]2C[C@@H]1CN2c1ccc(F)cc1. The van der Waals surface area contributed by atoms with E-state index in [1.54, 1.807) is 23.5 Å². The summed E-state index contributed by atoms with van der Waals surface area (Å²) in [5.74, 6) is -0.313. The molecule has 8 heteroatoms. The number of carbonyl (C=O) groups excluding carboxylic acids is 1. The number of rotatable bonds is 2. The molecule has 2 aliphatic heterocycles. The first-order valence-corrected chi connectivity index (χ1v) is 10.8. The zero-order chi connectivity index (χ0) is 19.7. The van der Waals surface area contributed by atoms with Crippen molar-refractivity contribution in [2.45, 2.75) is 37.8 Å². The maximum absolute atomic E-state index is 13.2. The van der Waals surface area contributed by atoms with Crippen molar-refractivity contribution < 1.29 is 9.18 Å². The number of amides is 1. The lowest BCUT2D eigenvalue weighted by Gasteiger charge is -2.35. The summed E-state index contributed by atoms with van der Waals surface area (Å²) in [4.78, 5) is 39.0. The number of H-pyrrole nitrogens is 1. The van der Waals surface area contributed by atoms with Gasteiger partial charge in [-0.15, -0.1) is 11.3 Å². The Bertz CT molecular complexity index is 1200. The Kier molecular flexibility index (Phi) is 3.62. The van der Waals surface area contributed by atoms with Gasteiger partial charge in [-0.2, -0.15) is 0 Å². The van der Waals surface area contributed by atoms with Crippen LogP contribution in [0.15, 0.2) is 29.1 Å². The number of hydrogen-bond donors (Lipinski definition) is 1. The maximum atomic E-state index is 13.2. The molecular weight excluding hydrogens is 391 g/mol. The normalized spacial score (nSPS) is 22.7. The molecule has 1 N–H and O–H groups in total. The lowest BCUT2D eigenvalue weighted by Crippen LogP contribution is -2.49. The molecule has 3 aliphatic rings. The number of carbonyl (C=O) groups is 1. The smallest absolute Gasteiger partial charge is 0.290 e. The molecule has 0 radical (unpaired) electrons. The van der Waals surface area contributed by atoms with Gasteiger partial charge in [0.15, 0.2) is 0 Å². The molecule has 1 aromatic carbocycles. The minimum absolute atomic E-state index is 0.0758. The van der Waals surface area contributed by atoms with Crippen LogP contribution in [-0.2, 0) is 12.8 Å². The number of piperazine rings is 1. The van der Waals surface area contributed by atoms with Crippen molar-refractivity contribution in [1.29, 1.82) is 0 Å². The molecule has 0 saturated carbocycles. The van der Waals surface area contributed by atoms with Crippen molar-refractivity contribution in [1.82, 2.24) is 14.9 Å². The fraction of sp³-hybridized carbons (Fsp3) is 0.381. The highest BCUT2D eigenvalue weighted by Crippen LogP contribution is 2.36. The minimum Gasteiger partial charge on any atom is -0.365 e. The van der Waals surface area contributed by atoms with Crippen LogP contribution in [0.25, 0.3) is 10.2 Å². The number of thiophene rings is 1. The average Bonchev–Trinajstić information content (AvgIpc) is 3.47. The first kappa shape index (κ1) is 17.1. The number of benzene rings is 1. The summed E-state index contributed by atoms with van der Waals surface area (Å²) < 4.78 is 13.2. The Morgan fingerprint density at radius 1 is 1.17 bits per heavy atom. The third-order valence-corrected chi connectivity index (χ3v) is 7.62. The van der Waals surface area contributed by atoms with Gasteiger partial charge in [-0.25, -0.2) is 9.37 Å². The molecule has 29 heavy (non-hydrogen) atoms. The van der Waals surface area contributed by atoms with E-state index in [4.69, 9.17) is 0 Å². The summed E-state index contributed by atoms with van der Waals surface area (Å²) in [6.45, 7) is 1.30. The Labute approximate surface area is 170 Å². The van der Waals surface area contributed by atoms with Crippen LogP contribution in [0.4, 0.5) is 10.1 Å². The second-order valence-electron chi connectivity index (χ2n) is 8.08. The average molecular weight is 410 g/mol. The zero-order valence-electron chi connectivity index (χ0n) is 15.7. The van der Waals surface area contributed by atoms with E-state index >= 15 is 0 Å². The van der Waals surface area contributed by atoms with E-state index in [2.05, 4.69) is 14.9 Å². The van der Waals surface area contributed by atoms with Gasteiger partial charge in [0.25, 0.3) is 11.5 Å². The molecule has 148 valence electrons. The van der Waals surface area contributed by atoms with E-state index in [1.807, 2.05) is 4.90 Å². The Morgan fingerprint density at radius 3 is 2.76 bits per heavy atom. The Morgan fingerprint density at radius 2 is 2.00 bits per heavy atom. The summed E-state index contributed by atoms with van der Waals surface area (Å²) in [5, 5.41) is 0.671. The van der Waals surface area contributed by atoms with Gasteiger partial charge in [0.1, 0.15) is 10.6 Å². The van der Waals surface area contributed by atoms with E-state index < -0.39 is 0 Å². The second kappa shape index (κ2) is 6.13. The van der Waals surface area contributed by atoms with Crippen LogP contribution >= 0.6 is 11.3 Å². The largest absolute Gasteiger partial charge is 0.365 e. The van der Waals surface area contributed by atoms with Gasteiger partial charge in [-0.3, -0.25) is 9.59 Å². The number of aryl methyl sites for hydroxylation is 2. The number of anilines is 1. The maximum Gasteiger partial charge on any atom is 0.290 e. The van der Waals surface area contributed by atoms with Crippen molar-refractivity contribution in [2.75, 3.05) is 18.0 Å². The number of aromatic nitrogens is 2. The first-order chi connectivity index (χ1) is 14.1. The summed E-state index contributed by atoms with van der Waals surface area (Å²) in [6, 6.07) is 6.78. The molecule has 2 bridgehead atoms. The van der Waals surface area contributed by atoms with Crippen molar-refractivity contribution >= 4 is 33.1 Å². The van der Waals surface area contributed by atoms with Gasteiger partial charge in [-0.1, -0.05) is 0 Å². The highest BCUT2D eigenvalue weighted by molar-refractivity contribution is 7.18. The van der Waals surface area contributed by atoms with Gasteiger partial charge >= 0.3 is 0 Å². The van der Waals surface area contributed by atoms with E-state index in [9.17, 15) is 14.0 Å². The second-order valence-corrected chi connectivity index (χ2v) is 9.17. The molecule has 1 amide bonds. The van der Waals surface area contributed by atoms with Crippen molar-refractivity contribution in [3.8, 4) is 0 Å². The highest BCUT2D eigenvalue weighted by Gasteiger charge is 2.46. The van der Waals surface area contributed by atoms with Crippen LogP contribution in [0.2, 0.25) is 0 Å². The van der Waals surface area contributed by atoms with Gasteiger partial charge in [0, 0.05) is 29.7 Å². The summed E-state index contributed by atoms with van der Waals surface area (Å²) in [6.07, 6.45) is 3.87. The van der Waals surface area contributed by atoms with Crippen LogP contribution in [0.1, 0.15) is 33.9 Å². The van der Waals surface area contributed by atoms with Gasteiger partial charge < -0.3 is 14.8 Å². The summed E-state index contributed by atoms with van der Waals surface area (Å²) >= 11 is 1.55. The number of likely N-dealkylation sites (tertiary alicyclic amines) is 1. The molecule has 2 atom stereocenters. The first-order valence-electron chi connectivity index (χ1n) is 9.96. The quantitative estimate of drug-likeness (QED) is 0.705. The summed E-state index contributed by atoms with van der Waals surface area (Å²) in [7, 11) is 0. The number of fused-ring (bicyclic) bond motifs is 5.